The highest BCUT2D eigenvalue weighted by atomic mass is 79.9. The number of ether oxygens (including phenoxy) is 6. The lowest BCUT2D eigenvalue weighted by molar-refractivity contribution is -0.210. The molecule has 2 bridgehead atoms. The molecule has 0 amide bonds. The summed E-state index contributed by atoms with van der Waals surface area (Å²) >= 11 is 6.77. The van der Waals surface area contributed by atoms with Gasteiger partial charge in [-0.1, -0.05) is 31.9 Å². The lowest BCUT2D eigenvalue weighted by Gasteiger charge is -2.63. The van der Waals surface area contributed by atoms with Crippen molar-refractivity contribution in [2.24, 2.45) is 17.3 Å². The highest BCUT2D eigenvalue weighted by Crippen LogP contribution is 2.68. The van der Waals surface area contributed by atoms with Gasteiger partial charge in [0.25, 0.3) is 0 Å². The van der Waals surface area contributed by atoms with E-state index in [1.54, 1.807) is 48.5 Å². The van der Waals surface area contributed by atoms with Gasteiger partial charge in [-0.15, -0.1) is 0 Å². The molecular formula is C34H26Br2O10. The van der Waals surface area contributed by atoms with Crippen molar-refractivity contribution >= 4 is 55.4 Å². The molecule has 1 saturated carbocycles. The summed E-state index contributed by atoms with van der Waals surface area (Å²) in [5, 5.41) is 0. The Labute approximate surface area is 279 Å². The van der Waals surface area contributed by atoms with Gasteiger partial charge in [0.05, 0.1) is 35.0 Å². The van der Waals surface area contributed by atoms with E-state index in [1.165, 1.54) is 6.26 Å². The zero-order valence-corrected chi connectivity index (χ0v) is 27.6. The quantitative estimate of drug-likeness (QED) is 0.330. The number of fused-ring (bicyclic) bond motifs is 3. The third-order valence-electron chi connectivity index (χ3n) is 10.6. The van der Waals surface area contributed by atoms with E-state index in [2.05, 4.69) is 31.9 Å². The fraction of sp³-hybridized carbons (Fsp3) is 0.412. The normalized spacial score (nSPS) is 40.7. The molecule has 10 rings (SSSR count). The molecule has 4 fully saturated rings. The summed E-state index contributed by atoms with van der Waals surface area (Å²) in [4.78, 5) is 55.5. The highest BCUT2D eigenvalue weighted by molar-refractivity contribution is 9.10. The summed E-state index contributed by atoms with van der Waals surface area (Å²) in [6.07, 6.45) is -5.29. The van der Waals surface area contributed by atoms with Crippen molar-refractivity contribution in [3.63, 3.8) is 0 Å². The van der Waals surface area contributed by atoms with Gasteiger partial charge in [-0.05, 0) is 62.4 Å². The number of benzene rings is 2. The van der Waals surface area contributed by atoms with E-state index in [-0.39, 0.29) is 11.6 Å². The average molecular weight is 754 g/mol. The molecule has 5 heterocycles. The van der Waals surface area contributed by atoms with Crippen molar-refractivity contribution in [3.05, 3.63) is 91.6 Å². The number of rotatable bonds is 4. The van der Waals surface area contributed by atoms with Gasteiger partial charge in [-0.2, -0.15) is 0 Å². The van der Waals surface area contributed by atoms with E-state index in [4.69, 9.17) is 28.4 Å². The minimum Gasteiger partial charge on any atom is -0.498 e. The van der Waals surface area contributed by atoms with Gasteiger partial charge >= 0.3 is 11.9 Å². The Morgan fingerprint density at radius 1 is 0.761 bits per heavy atom. The van der Waals surface area contributed by atoms with Crippen LogP contribution in [0.1, 0.15) is 34.6 Å². The Balaban J connectivity index is 1.16. The number of ketones is 2. The molecule has 0 aromatic heterocycles. The van der Waals surface area contributed by atoms with E-state index >= 15 is 0 Å². The van der Waals surface area contributed by atoms with Gasteiger partial charge in [-0.25, -0.2) is 9.59 Å². The van der Waals surface area contributed by atoms with Crippen LogP contribution in [0.3, 0.4) is 0 Å². The van der Waals surface area contributed by atoms with Crippen LogP contribution in [-0.4, -0.2) is 78.4 Å². The maximum Gasteiger partial charge on any atom is 0.338 e. The molecule has 0 unspecified atom stereocenters. The van der Waals surface area contributed by atoms with Crippen LogP contribution in [0.4, 0.5) is 0 Å². The predicted octanol–water partition coefficient (Wildman–Crippen LogP) is 4.28. The largest absolute Gasteiger partial charge is 0.498 e. The Morgan fingerprint density at radius 2 is 1.33 bits per heavy atom. The minimum atomic E-state index is -1.39. The topological polar surface area (TPSA) is 130 Å². The molecule has 236 valence electrons. The lowest BCUT2D eigenvalue weighted by atomic mass is 9.45. The Kier molecular flexibility index (Phi) is 6.26. The fourth-order valence-corrected chi connectivity index (χ4v) is 9.14. The molecule has 46 heavy (non-hydrogen) atoms. The number of carbonyl (C=O) groups excluding carboxylic acids is 4. The molecule has 12 atom stereocenters. The molecule has 2 aromatic rings. The molecule has 5 aliphatic heterocycles. The number of carbonyl (C=O) groups is 4. The van der Waals surface area contributed by atoms with E-state index in [1.807, 2.05) is 13.8 Å². The second kappa shape index (κ2) is 9.93. The number of epoxide rings is 2. The van der Waals surface area contributed by atoms with Gasteiger partial charge in [0.15, 0.2) is 29.9 Å². The van der Waals surface area contributed by atoms with Gasteiger partial charge in [-0.3, -0.25) is 9.59 Å². The van der Waals surface area contributed by atoms with Crippen molar-refractivity contribution < 1.29 is 47.6 Å². The second-order valence-electron chi connectivity index (χ2n) is 12.9. The van der Waals surface area contributed by atoms with Crippen LogP contribution in [0.2, 0.25) is 0 Å². The van der Waals surface area contributed by atoms with Crippen LogP contribution in [-0.2, 0) is 38.0 Å². The average Bonchev–Trinajstić information content (AvgIpc) is 3.97. The number of hydrogen-bond acceptors (Lipinski definition) is 10. The smallest absolute Gasteiger partial charge is 0.338 e. The predicted molar refractivity (Wildman–Crippen MR) is 163 cm³/mol. The number of hydrogen-bond donors (Lipinski definition) is 0. The van der Waals surface area contributed by atoms with Crippen molar-refractivity contribution in [2.45, 2.75) is 68.8 Å². The first kappa shape index (κ1) is 29.0. The van der Waals surface area contributed by atoms with Crippen LogP contribution in [0.15, 0.2) is 80.5 Å². The van der Waals surface area contributed by atoms with Crippen molar-refractivity contribution in [3.8, 4) is 0 Å². The van der Waals surface area contributed by atoms with Gasteiger partial charge in [0.1, 0.15) is 24.4 Å². The van der Waals surface area contributed by atoms with Crippen LogP contribution in [0.5, 0.6) is 0 Å². The van der Waals surface area contributed by atoms with Crippen LogP contribution >= 0.6 is 31.9 Å². The number of halogens is 2. The molecule has 8 aliphatic rings. The minimum absolute atomic E-state index is 0.179. The third-order valence-corrected chi connectivity index (χ3v) is 11.6. The lowest BCUT2D eigenvalue weighted by Crippen LogP contribution is -2.73. The maximum atomic E-state index is 14.7. The number of esters is 2. The summed E-state index contributed by atoms with van der Waals surface area (Å²) < 4.78 is 38.5. The van der Waals surface area contributed by atoms with Crippen molar-refractivity contribution in [1.82, 2.24) is 0 Å². The van der Waals surface area contributed by atoms with Gasteiger partial charge < -0.3 is 28.4 Å². The van der Waals surface area contributed by atoms with E-state index in [0.29, 0.717) is 27.8 Å². The molecule has 2 aromatic carbocycles. The molecule has 3 aliphatic carbocycles. The van der Waals surface area contributed by atoms with E-state index in [9.17, 15) is 19.2 Å². The zero-order chi connectivity index (χ0) is 31.8. The van der Waals surface area contributed by atoms with Crippen molar-refractivity contribution in [2.75, 3.05) is 0 Å². The monoisotopic (exact) mass is 752 g/mol. The maximum absolute atomic E-state index is 14.7. The van der Waals surface area contributed by atoms with E-state index < -0.39 is 84.1 Å². The summed E-state index contributed by atoms with van der Waals surface area (Å²) in [5.41, 5.74) is 0.637. The standard InChI is InChI=1S/C34H26Br2O10/c1-12-19-20-21(25(28-26(43-28)23(20)37)46-33(40)15-5-9-17(36)10-6-15)31(42-12)34-18(11-41-13(2)22(19)34)24(27-29(44-27)30(34)38)45-32(39)14-3-7-16(35)8-4-14/h3-13,19,22,24-29,31H,1-2H3/t12-,13-,19-,22+,24+,25+,26+,27-,28-,29-,31+,34+/m1/s1. The van der Waals surface area contributed by atoms with E-state index in [0.717, 1.165) is 8.95 Å². The first-order valence-electron chi connectivity index (χ1n) is 15.2. The summed E-state index contributed by atoms with van der Waals surface area (Å²) in [6, 6.07) is 13.5. The molecule has 0 N–H and O–H groups in total. The van der Waals surface area contributed by atoms with Crippen molar-refractivity contribution in [1.29, 1.82) is 0 Å². The molecule has 3 saturated heterocycles. The fourth-order valence-electron chi connectivity index (χ4n) is 8.61. The molecule has 0 radical (unpaired) electrons. The number of Topliss-reactive ketones (excluding diaryl/α,β-unsaturated/α-hetero) is 2. The summed E-state index contributed by atoms with van der Waals surface area (Å²) in [5.74, 6) is -2.67. The summed E-state index contributed by atoms with van der Waals surface area (Å²) in [6.45, 7) is 3.75. The third kappa shape index (κ3) is 3.85. The molecule has 1 spiro atoms. The Morgan fingerprint density at radius 3 is 1.96 bits per heavy atom. The first-order chi connectivity index (χ1) is 22.1. The molecular weight excluding hydrogens is 728 g/mol. The second-order valence-corrected chi connectivity index (χ2v) is 14.7. The Bertz CT molecular complexity index is 1800. The van der Waals surface area contributed by atoms with Crippen LogP contribution < -0.4 is 0 Å². The van der Waals surface area contributed by atoms with Gasteiger partial charge in [0.2, 0.25) is 0 Å². The van der Waals surface area contributed by atoms with Crippen LogP contribution in [0, 0.1) is 17.3 Å². The molecule has 12 heteroatoms. The first-order valence-corrected chi connectivity index (χ1v) is 16.8. The molecule has 10 nitrogen and oxygen atoms in total. The highest BCUT2D eigenvalue weighted by Gasteiger charge is 2.80. The zero-order valence-electron chi connectivity index (χ0n) is 24.4. The van der Waals surface area contributed by atoms with Crippen LogP contribution in [0.25, 0.3) is 0 Å². The van der Waals surface area contributed by atoms with Gasteiger partial charge in [0, 0.05) is 37.5 Å². The summed E-state index contributed by atoms with van der Waals surface area (Å²) in [7, 11) is 0. The Hall–Kier alpha value is -3.16. The SMILES string of the molecule is C[C@H]1O[C@H]2C3=C(C(=O)[C@@H]4O[C@@H]4[C@H]3OC(=O)c3ccc(Br)cc3)[C@@H]1[C@@H]1[C@@H](C)OC=C3[C@H](OC(=O)c4ccc(Br)cc4)[C@H]4O[C@H]4C(=O)[C@]312.